The molecule has 0 spiro atoms. The summed E-state index contributed by atoms with van der Waals surface area (Å²) in [6.45, 7) is 2.40. The van der Waals surface area contributed by atoms with Gasteiger partial charge in [0.25, 0.3) is 5.91 Å². The molecule has 0 aliphatic heterocycles. The summed E-state index contributed by atoms with van der Waals surface area (Å²) in [6, 6.07) is 13.7. The Morgan fingerprint density at radius 1 is 1.07 bits per heavy atom. The van der Waals surface area contributed by atoms with Crippen molar-refractivity contribution in [2.75, 3.05) is 6.54 Å². The van der Waals surface area contributed by atoms with Gasteiger partial charge >= 0.3 is 0 Å². The van der Waals surface area contributed by atoms with Crippen molar-refractivity contribution in [1.29, 1.82) is 0 Å². The van der Waals surface area contributed by atoms with E-state index in [1.165, 1.54) is 35.7 Å². The maximum absolute atomic E-state index is 12.9. The third-order valence-electron chi connectivity index (χ3n) is 6.43. The number of amides is 1. The van der Waals surface area contributed by atoms with E-state index in [1.54, 1.807) is 24.3 Å². The van der Waals surface area contributed by atoms with Crippen LogP contribution in [0.1, 0.15) is 48.5 Å². The lowest BCUT2D eigenvalue weighted by Crippen LogP contribution is -2.38. The first kappa shape index (κ1) is 21.3. The van der Waals surface area contributed by atoms with Gasteiger partial charge in [-0.05, 0) is 73.1 Å². The summed E-state index contributed by atoms with van der Waals surface area (Å²) in [5, 5.41) is 3.69. The van der Waals surface area contributed by atoms with E-state index in [1.807, 2.05) is 19.1 Å². The third-order valence-corrected chi connectivity index (χ3v) is 8.62. The number of sulfonamides is 1. The summed E-state index contributed by atoms with van der Waals surface area (Å²) in [4.78, 5) is 12.8. The molecule has 2 aromatic rings. The first-order valence-electron chi connectivity index (χ1n) is 10.5. The van der Waals surface area contributed by atoms with Crippen LogP contribution >= 0.6 is 11.6 Å². The van der Waals surface area contributed by atoms with Gasteiger partial charge in [0.05, 0.1) is 4.90 Å². The van der Waals surface area contributed by atoms with Crippen LogP contribution in [0.15, 0.2) is 53.4 Å². The van der Waals surface area contributed by atoms with Crippen LogP contribution < -0.4 is 5.32 Å². The number of hydrogen-bond acceptors (Lipinski definition) is 3. The van der Waals surface area contributed by atoms with Crippen molar-refractivity contribution in [1.82, 2.24) is 9.62 Å². The van der Waals surface area contributed by atoms with Crippen LogP contribution in [0, 0.1) is 11.8 Å². The maximum Gasteiger partial charge on any atom is 0.251 e. The van der Waals surface area contributed by atoms with Crippen molar-refractivity contribution in [2.24, 2.45) is 11.8 Å². The molecule has 2 saturated carbocycles. The average Bonchev–Trinajstić information content (AvgIpc) is 3.36. The van der Waals surface area contributed by atoms with Gasteiger partial charge in [0.2, 0.25) is 10.0 Å². The minimum Gasteiger partial charge on any atom is -0.349 e. The van der Waals surface area contributed by atoms with Gasteiger partial charge in [0.1, 0.15) is 0 Å². The number of hydrogen-bond donors (Lipinski definition) is 1. The van der Waals surface area contributed by atoms with Crippen molar-refractivity contribution in [3.63, 3.8) is 0 Å². The topological polar surface area (TPSA) is 66.5 Å². The zero-order valence-electron chi connectivity index (χ0n) is 17.1. The van der Waals surface area contributed by atoms with Crippen molar-refractivity contribution >= 4 is 27.5 Å². The Balaban J connectivity index is 1.41. The molecule has 3 atom stereocenters. The van der Waals surface area contributed by atoms with Crippen LogP contribution in [-0.4, -0.2) is 31.2 Å². The van der Waals surface area contributed by atoms with Gasteiger partial charge in [0, 0.05) is 29.7 Å². The summed E-state index contributed by atoms with van der Waals surface area (Å²) in [5.74, 6) is 1.37. The quantitative estimate of drug-likeness (QED) is 0.682. The molecule has 2 aliphatic rings. The number of carbonyl (C=O) groups is 1. The highest BCUT2D eigenvalue weighted by atomic mass is 35.5. The highest BCUT2D eigenvalue weighted by Gasteiger charge is 2.40. The predicted octanol–water partition coefficient (Wildman–Crippen LogP) is 4.47. The Kier molecular flexibility index (Phi) is 6.19. The second kappa shape index (κ2) is 8.69. The van der Waals surface area contributed by atoms with E-state index in [4.69, 9.17) is 11.6 Å². The molecule has 0 saturated heterocycles. The molecule has 0 heterocycles. The molecule has 0 unspecified atom stereocenters. The molecular weight excluding hydrogens is 420 g/mol. The van der Waals surface area contributed by atoms with E-state index in [9.17, 15) is 13.2 Å². The van der Waals surface area contributed by atoms with Gasteiger partial charge < -0.3 is 5.32 Å². The number of fused-ring (bicyclic) bond motifs is 2. The summed E-state index contributed by atoms with van der Waals surface area (Å²) < 4.78 is 27.3. The molecule has 7 heteroatoms. The Morgan fingerprint density at radius 3 is 2.33 bits per heavy atom. The highest BCUT2D eigenvalue weighted by molar-refractivity contribution is 7.89. The minimum atomic E-state index is -3.62. The lowest BCUT2D eigenvalue weighted by molar-refractivity contribution is 0.0923. The summed E-state index contributed by atoms with van der Waals surface area (Å²) >= 11 is 5.88. The molecule has 2 aliphatic carbocycles. The smallest absolute Gasteiger partial charge is 0.251 e. The van der Waals surface area contributed by atoms with E-state index in [0.717, 1.165) is 17.9 Å². The first-order chi connectivity index (χ1) is 14.4. The van der Waals surface area contributed by atoms with E-state index < -0.39 is 10.0 Å². The van der Waals surface area contributed by atoms with Crippen LogP contribution in [0.3, 0.4) is 0 Å². The van der Waals surface area contributed by atoms with Crippen molar-refractivity contribution < 1.29 is 13.2 Å². The molecule has 4 rings (SSSR count). The van der Waals surface area contributed by atoms with Gasteiger partial charge in [-0.15, -0.1) is 0 Å². The molecule has 5 nitrogen and oxygen atoms in total. The Bertz CT molecular complexity index is 1010. The SMILES string of the molecule is CCN(Cc1ccc(C(=O)N[C@@H]2C[C@@H]3CC[C@@H]2C3)cc1)S(=O)(=O)c1ccc(Cl)cc1. The Morgan fingerprint density at radius 2 is 1.77 bits per heavy atom. The van der Waals surface area contributed by atoms with Crippen LogP contribution in [0.25, 0.3) is 0 Å². The third kappa shape index (κ3) is 4.41. The van der Waals surface area contributed by atoms with Gasteiger partial charge in [-0.3, -0.25) is 4.79 Å². The summed E-state index contributed by atoms with van der Waals surface area (Å²) in [5.41, 5.74) is 1.45. The number of rotatable bonds is 7. The van der Waals surface area contributed by atoms with Gasteiger partial charge in [-0.2, -0.15) is 4.31 Å². The van der Waals surface area contributed by atoms with Crippen molar-refractivity contribution in [2.45, 2.75) is 50.1 Å². The largest absolute Gasteiger partial charge is 0.349 e. The Labute approximate surface area is 183 Å². The standard InChI is InChI=1S/C23H27ClN2O3S/c1-2-26(30(28,29)21-11-9-20(24)10-12-21)15-16-3-6-18(7-4-16)23(27)25-22-14-17-5-8-19(22)13-17/h3-4,6-7,9-12,17,19,22H,2,5,8,13-15H2,1H3,(H,25,27)/t17-,19-,22-/m1/s1. The number of carbonyl (C=O) groups excluding carboxylic acids is 1. The second-order valence-corrected chi connectivity index (χ2v) is 10.7. The average molecular weight is 447 g/mol. The minimum absolute atomic E-state index is 0.0415. The van der Waals surface area contributed by atoms with Gasteiger partial charge in [-0.1, -0.05) is 37.1 Å². The fourth-order valence-corrected chi connectivity index (χ4v) is 6.32. The maximum atomic E-state index is 12.9. The predicted molar refractivity (Wildman–Crippen MR) is 118 cm³/mol. The first-order valence-corrected chi connectivity index (χ1v) is 12.3. The van der Waals surface area contributed by atoms with Gasteiger partial charge in [-0.25, -0.2) is 8.42 Å². The van der Waals surface area contributed by atoms with E-state index in [2.05, 4.69) is 5.32 Å². The molecule has 2 aromatic carbocycles. The monoisotopic (exact) mass is 446 g/mol. The van der Waals surface area contributed by atoms with Crippen LogP contribution in [-0.2, 0) is 16.6 Å². The lowest BCUT2D eigenvalue weighted by Gasteiger charge is -2.23. The fourth-order valence-electron chi connectivity index (χ4n) is 4.76. The van der Waals surface area contributed by atoms with Crippen molar-refractivity contribution in [3.8, 4) is 0 Å². The summed E-state index contributed by atoms with van der Waals surface area (Å²) in [6.07, 6.45) is 4.88. The molecule has 160 valence electrons. The second-order valence-electron chi connectivity index (χ2n) is 8.34. The van der Waals surface area contributed by atoms with E-state index in [-0.39, 0.29) is 17.3 Å². The lowest BCUT2D eigenvalue weighted by atomic mass is 9.95. The molecule has 1 N–H and O–H groups in total. The van der Waals surface area contributed by atoms with Crippen LogP contribution in [0.4, 0.5) is 0 Å². The Hall–Kier alpha value is -1.89. The fraction of sp³-hybridized carbons (Fsp3) is 0.435. The van der Waals surface area contributed by atoms with E-state index in [0.29, 0.717) is 29.1 Å². The number of nitrogens with zero attached hydrogens (tertiary/aromatic N) is 1. The molecule has 0 radical (unpaired) electrons. The summed E-state index contributed by atoms with van der Waals surface area (Å²) in [7, 11) is -3.62. The molecule has 2 bridgehead atoms. The zero-order valence-corrected chi connectivity index (χ0v) is 18.6. The molecule has 1 amide bonds. The molecule has 0 aromatic heterocycles. The zero-order chi connectivity index (χ0) is 21.3. The molecular formula is C23H27ClN2O3S. The highest BCUT2D eigenvalue weighted by Crippen LogP contribution is 2.44. The normalized spacial score (nSPS) is 23.1. The van der Waals surface area contributed by atoms with Crippen LogP contribution in [0.5, 0.6) is 0 Å². The number of nitrogens with one attached hydrogen (secondary N) is 1. The molecule has 30 heavy (non-hydrogen) atoms. The van der Waals surface area contributed by atoms with Crippen LogP contribution in [0.2, 0.25) is 5.02 Å². The molecule has 2 fully saturated rings. The number of benzene rings is 2. The van der Waals surface area contributed by atoms with Gasteiger partial charge in [0.15, 0.2) is 0 Å². The van der Waals surface area contributed by atoms with Crippen molar-refractivity contribution in [3.05, 3.63) is 64.7 Å². The number of halogens is 1. The van der Waals surface area contributed by atoms with E-state index >= 15 is 0 Å².